The van der Waals surface area contributed by atoms with Crippen LogP contribution < -0.4 is 10.1 Å². The van der Waals surface area contributed by atoms with Crippen LogP contribution in [-0.2, 0) is 11.2 Å². The Morgan fingerprint density at radius 2 is 2.17 bits per heavy atom. The van der Waals surface area contributed by atoms with E-state index in [4.69, 9.17) is 4.74 Å². The first-order valence-corrected chi connectivity index (χ1v) is 5.60. The Morgan fingerprint density at radius 3 is 2.78 bits per heavy atom. The van der Waals surface area contributed by atoms with Crippen LogP contribution in [0, 0.1) is 0 Å². The van der Waals surface area contributed by atoms with E-state index in [1.807, 2.05) is 24.3 Å². The molecular formula is C13H14N2O3. The molecule has 2 aromatic rings. The summed E-state index contributed by atoms with van der Waals surface area (Å²) in [6.45, 7) is 0. The number of anilines is 1. The SMILES string of the molecule is COc1ccc(CCC(=O)Nc2cnoc2)cc1. The smallest absolute Gasteiger partial charge is 0.224 e. The van der Waals surface area contributed by atoms with Gasteiger partial charge >= 0.3 is 0 Å². The van der Waals surface area contributed by atoms with Crippen molar-refractivity contribution in [2.24, 2.45) is 0 Å². The van der Waals surface area contributed by atoms with Crippen molar-refractivity contribution in [2.75, 3.05) is 12.4 Å². The van der Waals surface area contributed by atoms with Crippen LogP contribution in [0.15, 0.2) is 41.2 Å². The number of carbonyl (C=O) groups is 1. The van der Waals surface area contributed by atoms with Crippen molar-refractivity contribution in [3.05, 3.63) is 42.3 Å². The number of benzene rings is 1. The summed E-state index contributed by atoms with van der Waals surface area (Å²) in [4.78, 5) is 11.6. The summed E-state index contributed by atoms with van der Waals surface area (Å²) in [5.74, 6) is 0.752. The molecule has 0 saturated carbocycles. The second-order valence-corrected chi connectivity index (χ2v) is 3.81. The largest absolute Gasteiger partial charge is 0.497 e. The third kappa shape index (κ3) is 3.35. The molecule has 0 atom stereocenters. The van der Waals surface area contributed by atoms with Gasteiger partial charge in [-0.1, -0.05) is 17.3 Å². The van der Waals surface area contributed by atoms with Crippen LogP contribution in [0.25, 0.3) is 0 Å². The van der Waals surface area contributed by atoms with E-state index in [1.165, 1.54) is 12.5 Å². The van der Waals surface area contributed by atoms with E-state index in [9.17, 15) is 4.79 Å². The Bertz CT molecular complexity index is 491. The standard InChI is InChI=1S/C13H14N2O3/c1-17-12-5-2-10(3-6-12)4-7-13(16)15-11-8-14-18-9-11/h2-3,5-6,8-9H,4,7H2,1H3,(H,15,16). The van der Waals surface area contributed by atoms with Gasteiger partial charge in [-0.25, -0.2) is 0 Å². The van der Waals surface area contributed by atoms with E-state index < -0.39 is 0 Å². The lowest BCUT2D eigenvalue weighted by Gasteiger charge is -2.04. The van der Waals surface area contributed by atoms with Crippen molar-refractivity contribution in [2.45, 2.75) is 12.8 Å². The van der Waals surface area contributed by atoms with Gasteiger partial charge in [0.25, 0.3) is 0 Å². The Balaban J connectivity index is 1.81. The van der Waals surface area contributed by atoms with Gasteiger partial charge in [0.1, 0.15) is 17.7 Å². The second kappa shape index (κ2) is 5.86. The number of carbonyl (C=O) groups excluding carboxylic acids is 1. The third-order valence-corrected chi connectivity index (χ3v) is 2.52. The lowest BCUT2D eigenvalue weighted by atomic mass is 10.1. The highest BCUT2D eigenvalue weighted by molar-refractivity contribution is 5.90. The van der Waals surface area contributed by atoms with Crippen LogP contribution >= 0.6 is 0 Å². The molecule has 0 aliphatic heterocycles. The first kappa shape index (κ1) is 12.2. The average Bonchev–Trinajstić information content (AvgIpc) is 2.90. The zero-order valence-corrected chi connectivity index (χ0v) is 10.1. The molecule has 1 aromatic heterocycles. The van der Waals surface area contributed by atoms with Gasteiger partial charge in [-0.05, 0) is 24.1 Å². The molecule has 1 aromatic carbocycles. The molecule has 1 N–H and O–H groups in total. The van der Waals surface area contributed by atoms with Gasteiger partial charge in [0.15, 0.2) is 0 Å². The van der Waals surface area contributed by atoms with Crippen molar-refractivity contribution in [1.29, 1.82) is 0 Å². The number of aromatic nitrogens is 1. The summed E-state index contributed by atoms with van der Waals surface area (Å²) in [5, 5.41) is 6.20. The highest BCUT2D eigenvalue weighted by atomic mass is 16.5. The van der Waals surface area contributed by atoms with Gasteiger partial charge < -0.3 is 14.6 Å². The minimum Gasteiger partial charge on any atom is -0.497 e. The van der Waals surface area contributed by atoms with Gasteiger partial charge in [0, 0.05) is 6.42 Å². The van der Waals surface area contributed by atoms with Gasteiger partial charge in [-0.15, -0.1) is 0 Å². The van der Waals surface area contributed by atoms with Crippen molar-refractivity contribution < 1.29 is 14.1 Å². The molecule has 1 amide bonds. The minimum absolute atomic E-state index is 0.0611. The molecule has 2 rings (SSSR count). The quantitative estimate of drug-likeness (QED) is 0.878. The van der Waals surface area contributed by atoms with E-state index in [1.54, 1.807) is 7.11 Å². The maximum atomic E-state index is 11.6. The Labute approximate surface area is 105 Å². The molecule has 0 spiro atoms. The molecule has 0 aliphatic rings. The number of amides is 1. The van der Waals surface area contributed by atoms with Crippen molar-refractivity contribution >= 4 is 11.6 Å². The predicted molar refractivity (Wildman–Crippen MR) is 66.4 cm³/mol. The highest BCUT2D eigenvalue weighted by Gasteiger charge is 2.04. The topological polar surface area (TPSA) is 64.4 Å². The van der Waals surface area contributed by atoms with Crippen LogP contribution in [0.5, 0.6) is 5.75 Å². The molecule has 0 radical (unpaired) electrons. The van der Waals surface area contributed by atoms with E-state index in [0.29, 0.717) is 18.5 Å². The van der Waals surface area contributed by atoms with Crippen molar-refractivity contribution in [3.8, 4) is 5.75 Å². The lowest BCUT2D eigenvalue weighted by Crippen LogP contribution is -2.11. The Kier molecular flexibility index (Phi) is 3.96. The van der Waals surface area contributed by atoms with E-state index in [2.05, 4.69) is 15.0 Å². The fraction of sp³-hybridized carbons (Fsp3) is 0.231. The van der Waals surface area contributed by atoms with Crippen LogP contribution in [0.1, 0.15) is 12.0 Å². The molecule has 94 valence electrons. The maximum Gasteiger partial charge on any atom is 0.224 e. The molecule has 1 heterocycles. The van der Waals surface area contributed by atoms with Crippen LogP contribution in [-0.4, -0.2) is 18.2 Å². The molecular weight excluding hydrogens is 232 g/mol. The van der Waals surface area contributed by atoms with Crippen molar-refractivity contribution in [1.82, 2.24) is 5.16 Å². The van der Waals surface area contributed by atoms with Crippen LogP contribution in [0.2, 0.25) is 0 Å². The monoisotopic (exact) mass is 246 g/mol. The number of aryl methyl sites for hydroxylation is 1. The lowest BCUT2D eigenvalue weighted by molar-refractivity contribution is -0.116. The zero-order valence-electron chi connectivity index (χ0n) is 10.1. The normalized spacial score (nSPS) is 10.1. The maximum absolute atomic E-state index is 11.6. The molecule has 0 fully saturated rings. The van der Waals surface area contributed by atoms with Crippen molar-refractivity contribution in [3.63, 3.8) is 0 Å². The fourth-order valence-corrected chi connectivity index (χ4v) is 1.54. The Morgan fingerprint density at radius 1 is 1.39 bits per heavy atom. The van der Waals surface area contributed by atoms with E-state index in [0.717, 1.165) is 11.3 Å². The molecule has 0 saturated heterocycles. The number of rotatable bonds is 5. The molecule has 0 bridgehead atoms. The number of hydrogen-bond acceptors (Lipinski definition) is 4. The van der Waals surface area contributed by atoms with E-state index in [-0.39, 0.29) is 5.91 Å². The van der Waals surface area contributed by atoms with Gasteiger partial charge in [-0.2, -0.15) is 0 Å². The molecule has 0 aliphatic carbocycles. The van der Waals surface area contributed by atoms with E-state index >= 15 is 0 Å². The summed E-state index contributed by atoms with van der Waals surface area (Å²) in [6.07, 6.45) is 3.95. The number of nitrogens with zero attached hydrogens (tertiary/aromatic N) is 1. The number of nitrogens with one attached hydrogen (secondary N) is 1. The third-order valence-electron chi connectivity index (χ3n) is 2.52. The summed E-state index contributed by atoms with van der Waals surface area (Å²) in [6, 6.07) is 7.66. The summed E-state index contributed by atoms with van der Waals surface area (Å²) in [5.41, 5.74) is 1.67. The second-order valence-electron chi connectivity index (χ2n) is 3.81. The number of methoxy groups -OCH3 is 1. The zero-order chi connectivity index (χ0) is 12.8. The molecule has 18 heavy (non-hydrogen) atoms. The Hall–Kier alpha value is -2.30. The molecule has 5 heteroatoms. The number of ether oxygens (including phenoxy) is 1. The van der Waals surface area contributed by atoms with Gasteiger partial charge in [0.05, 0.1) is 13.3 Å². The molecule has 5 nitrogen and oxygen atoms in total. The fourth-order valence-electron chi connectivity index (χ4n) is 1.54. The van der Waals surface area contributed by atoms with Crippen LogP contribution in [0.4, 0.5) is 5.69 Å². The predicted octanol–water partition coefficient (Wildman–Crippen LogP) is 2.25. The van der Waals surface area contributed by atoms with Crippen LogP contribution in [0.3, 0.4) is 0 Å². The first-order chi connectivity index (χ1) is 8.78. The number of hydrogen-bond donors (Lipinski definition) is 1. The van der Waals surface area contributed by atoms with Gasteiger partial charge in [0.2, 0.25) is 5.91 Å². The van der Waals surface area contributed by atoms with Gasteiger partial charge in [-0.3, -0.25) is 4.79 Å². The molecule has 0 unspecified atom stereocenters. The highest BCUT2D eigenvalue weighted by Crippen LogP contribution is 2.13. The first-order valence-electron chi connectivity index (χ1n) is 5.60. The average molecular weight is 246 g/mol. The summed E-state index contributed by atoms with van der Waals surface area (Å²) < 4.78 is 9.69. The summed E-state index contributed by atoms with van der Waals surface area (Å²) >= 11 is 0. The minimum atomic E-state index is -0.0611. The summed E-state index contributed by atoms with van der Waals surface area (Å²) in [7, 11) is 1.63.